The first-order valence-electron chi connectivity index (χ1n) is 25.6. The van der Waals surface area contributed by atoms with E-state index in [1.54, 1.807) is 0 Å². The molecule has 0 aliphatic heterocycles. The molecule has 0 aliphatic rings. The Morgan fingerprint density at radius 2 is 0.378 bits per heavy atom. The molecule has 0 heterocycles. The number of ether oxygens (including phenoxy) is 3. The Balaban J connectivity index is 4.08. The summed E-state index contributed by atoms with van der Waals surface area (Å²) in [6.45, 7) is -9.00. The van der Waals surface area contributed by atoms with Crippen LogP contribution in [0.3, 0.4) is 0 Å². The van der Waals surface area contributed by atoms with Crippen LogP contribution in [-0.4, -0.2) is 232 Å². The summed E-state index contributed by atoms with van der Waals surface area (Å²) in [6.07, 6.45) is -50.3. The first-order chi connectivity index (χ1) is 47.7. The molecule has 1 aromatic carbocycles. The maximum Gasteiger partial charge on any atom is 0.460 e. The minimum absolute atomic E-state index is 0.500. The van der Waals surface area contributed by atoms with Gasteiger partial charge in [-0.25, -0.2) is 14.4 Å². The second-order valence-electron chi connectivity index (χ2n) is 21.8. The lowest BCUT2D eigenvalue weighted by atomic mass is 9.86. The molecule has 0 saturated carbocycles. The summed E-state index contributed by atoms with van der Waals surface area (Å²) in [5, 5.41) is 29.1. The summed E-state index contributed by atoms with van der Waals surface area (Å²) in [4.78, 5) is 38.7. The second-order valence-corrected chi connectivity index (χ2v) is 21.8. The average Bonchev–Trinajstić information content (AvgIpc) is 0.700. The number of hydrogen-bond donors (Lipinski definition) is 3. The molecule has 654 valence electrons. The number of alkyl halides is 57. The molecule has 0 aliphatic carbocycles. The Hall–Kier alpha value is -6.48. The number of carbonyl (C=O) groups is 3. The molecule has 0 fully saturated rings. The molecular formula is C45H21F57O9. The van der Waals surface area contributed by atoms with Crippen LogP contribution in [0.15, 0.2) is 18.2 Å². The van der Waals surface area contributed by atoms with E-state index >= 15 is 0 Å². The van der Waals surface area contributed by atoms with Crippen molar-refractivity contribution in [3.05, 3.63) is 34.9 Å². The van der Waals surface area contributed by atoms with Crippen molar-refractivity contribution >= 4 is 17.9 Å². The second kappa shape index (κ2) is 28.8. The zero-order valence-electron chi connectivity index (χ0n) is 49.5. The third kappa shape index (κ3) is 15.2. The van der Waals surface area contributed by atoms with E-state index in [1.807, 2.05) is 0 Å². The van der Waals surface area contributed by atoms with E-state index in [-0.39, 0.29) is 0 Å². The fourth-order valence-corrected chi connectivity index (χ4v) is 7.40. The molecule has 3 atom stereocenters. The monoisotopic (exact) mass is 1790 g/mol. The van der Waals surface area contributed by atoms with E-state index in [4.69, 9.17) is 0 Å². The molecule has 3 N–H and O–H groups in total. The standard InChI is InChI=1S/C45H21F57O9/c46-19(47,22(52,53)25(58,59)28(64,65)31(70,71)34(76,77)37(82,83)40(88,89)43(94,95)96)4-11(103)7-109-16(106)10-1-2-14(17(107)110-8-12(104)5-20(48,49)23(54,55)26(60,61)29(66,67)32(72,73)35(78,79)38(84,85)41(90,91)44(97,98)99)15(3-10)18(108)111-9-13(105)6-21(50,51)24(56,57)27(62,63)30(68,69)33(74,75)36(80,81)39(86,87)42(92,93)45(100,101)102/h1-3,11-13,103-105H,4-9H2. The maximum absolute atomic E-state index is 14.7. The van der Waals surface area contributed by atoms with Crippen molar-refractivity contribution in [1.82, 2.24) is 0 Å². The van der Waals surface area contributed by atoms with Gasteiger partial charge in [-0.3, -0.25) is 0 Å². The Bertz CT molecular complexity index is 3470. The van der Waals surface area contributed by atoms with E-state index in [0.717, 1.165) is 0 Å². The summed E-state index contributed by atoms with van der Waals surface area (Å²) in [7, 11) is 0. The van der Waals surface area contributed by atoms with Gasteiger partial charge in [0.15, 0.2) is 0 Å². The molecule has 0 aromatic heterocycles. The third-order valence-electron chi connectivity index (χ3n) is 13.9. The van der Waals surface area contributed by atoms with Crippen LogP contribution in [0.5, 0.6) is 0 Å². The molecule has 0 spiro atoms. The van der Waals surface area contributed by atoms with Crippen molar-refractivity contribution in [2.45, 2.75) is 198 Å². The molecule has 0 radical (unpaired) electrons. The van der Waals surface area contributed by atoms with E-state index < -0.39 is 271 Å². The number of halogens is 57. The molecule has 111 heavy (non-hydrogen) atoms. The molecule has 66 heteroatoms. The van der Waals surface area contributed by atoms with Gasteiger partial charge in [0, 0.05) is 19.3 Å². The molecule has 3 unspecified atom stereocenters. The van der Waals surface area contributed by atoms with E-state index in [9.17, 15) is 280 Å². The Kier molecular flexibility index (Phi) is 26.6. The zero-order valence-corrected chi connectivity index (χ0v) is 49.5. The minimum Gasteiger partial charge on any atom is -0.459 e. The normalized spacial score (nSPS) is 16.9. The summed E-state index contributed by atoms with van der Waals surface area (Å²) in [6, 6.07) is -1.98. The highest BCUT2D eigenvalue weighted by atomic mass is 19.5. The van der Waals surface area contributed by atoms with Crippen molar-refractivity contribution in [2.24, 2.45) is 0 Å². The molecule has 9 nitrogen and oxygen atoms in total. The number of rotatable bonds is 36. The number of hydrogen-bond acceptors (Lipinski definition) is 9. The molecule has 0 bridgehead atoms. The van der Waals surface area contributed by atoms with Crippen molar-refractivity contribution in [3.63, 3.8) is 0 Å². The number of esters is 3. The van der Waals surface area contributed by atoms with E-state index in [0.29, 0.717) is 0 Å². The summed E-state index contributed by atoms with van der Waals surface area (Å²) < 4.78 is 796. The van der Waals surface area contributed by atoms with E-state index in [1.165, 1.54) is 0 Å². The zero-order chi connectivity index (χ0) is 90.2. The van der Waals surface area contributed by atoms with Crippen LogP contribution in [-0.2, 0) is 14.2 Å². The van der Waals surface area contributed by atoms with Crippen LogP contribution in [0.4, 0.5) is 250 Å². The summed E-state index contributed by atoms with van der Waals surface area (Å²) >= 11 is 0. The average molecular weight is 1790 g/mol. The van der Waals surface area contributed by atoms with Crippen LogP contribution >= 0.6 is 0 Å². The molecule has 1 rings (SSSR count). The van der Waals surface area contributed by atoms with Crippen molar-refractivity contribution in [1.29, 1.82) is 0 Å². The van der Waals surface area contributed by atoms with Crippen LogP contribution in [0.2, 0.25) is 0 Å². The maximum atomic E-state index is 14.7. The fourth-order valence-electron chi connectivity index (χ4n) is 7.40. The molecule has 1 aromatic rings. The predicted molar refractivity (Wildman–Crippen MR) is 226 cm³/mol. The highest BCUT2D eigenvalue weighted by Crippen LogP contribution is 2.70. The van der Waals surface area contributed by atoms with E-state index in [2.05, 4.69) is 14.2 Å². The van der Waals surface area contributed by atoms with Gasteiger partial charge in [-0.1, -0.05) is 0 Å². The Morgan fingerprint density at radius 1 is 0.225 bits per heavy atom. The number of aliphatic hydroxyl groups excluding tert-OH is 3. The first kappa shape index (κ1) is 103. The van der Waals surface area contributed by atoms with Gasteiger partial charge in [0.05, 0.1) is 35.0 Å². The number of aliphatic hydroxyl groups is 3. The minimum atomic E-state index is -9.61. The smallest absolute Gasteiger partial charge is 0.459 e. The summed E-state index contributed by atoms with van der Waals surface area (Å²) in [5.74, 6) is -227. The van der Waals surface area contributed by atoms with Crippen LogP contribution in [0, 0.1) is 0 Å². The lowest BCUT2D eigenvalue weighted by Crippen LogP contribution is -2.75. The molecular weight excluding hydrogens is 1770 g/mol. The number of carbonyl (C=O) groups excluding carboxylic acids is 3. The summed E-state index contributed by atoms with van der Waals surface area (Å²) in [5.41, 5.74) is -6.99. The lowest BCUT2D eigenvalue weighted by molar-refractivity contribution is -0.469. The third-order valence-corrected chi connectivity index (χ3v) is 13.9. The van der Waals surface area contributed by atoms with Gasteiger partial charge in [-0.05, 0) is 18.2 Å². The van der Waals surface area contributed by atoms with Gasteiger partial charge in [-0.15, -0.1) is 0 Å². The lowest BCUT2D eigenvalue weighted by Gasteiger charge is -2.44. The van der Waals surface area contributed by atoms with Gasteiger partial charge in [0.1, 0.15) is 19.8 Å². The van der Waals surface area contributed by atoms with Crippen molar-refractivity contribution in [3.8, 4) is 0 Å². The van der Waals surface area contributed by atoms with Gasteiger partial charge in [0.2, 0.25) is 0 Å². The predicted octanol–water partition coefficient (Wildman–Crippen LogP) is 18.3. The Morgan fingerprint density at radius 3 is 0.559 bits per heavy atom. The highest BCUT2D eigenvalue weighted by molar-refractivity contribution is 6.05. The van der Waals surface area contributed by atoms with Crippen molar-refractivity contribution in [2.75, 3.05) is 19.8 Å². The Labute approximate surface area is 565 Å². The highest BCUT2D eigenvalue weighted by Gasteiger charge is 3.00. The topological polar surface area (TPSA) is 140 Å². The van der Waals surface area contributed by atoms with Gasteiger partial charge < -0.3 is 29.5 Å². The quantitative estimate of drug-likeness (QED) is 0.0340. The molecule has 0 amide bonds. The SMILES string of the molecule is O=C(OCC(O)CC(F)(F)C(F)(F)C(F)(F)C(F)(F)C(F)(F)C(F)(F)C(F)(F)C(F)(F)C(F)(F)F)c1ccc(C(=O)OCC(O)CC(F)(F)C(F)(F)C(F)(F)C(F)(F)C(F)(F)C(F)(F)C(F)(F)C(F)(F)C(F)(F)F)c(C(=O)OCC(O)CC(F)(F)C(F)(F)C(F)(F)C(F)(F)C(F)(F)C(F)(F)C(F)(F)C(F)(F)C(F)(F)F)c1. The van der Waals surface area contributed by atoms with Gasteiger partial charge >= 0.3 is 179 Å². The largest absolute Gasteiger partial charge is 0.460 e. The van der Waals surface area contributed by atoms with Crippen LogP contribution in [0.25, 0.3) is 0 Å². The fraction of sp³-hybridized carbons (Fsp3) is 0.800. The van der Waals surface area contributed by atoms with Crippen LogP contribution < -0.4 is 0 Å². The van der Waals surface area contributed by atoms with Crippen molar-refractivity contribution < 1.29 is 294 Å². The van der Waals surface area contributed by atoms with Crippen LogP contribution in [0.1, 0.15) is 50.3 Å². The first-order valence-corrected chi connectivity index (χ1v) is 25.6. The number of benzene rings is 1. The van der Waals surface area contributed by atoms with Gasteiger partial charge in [-0.2, -0.15) is 250 Å². The molecule has 0 saturated heterocycles. The van der Waals surface area contributed by atoms with Gasteiger partial charge in [0.25, 0.3) is 0 Å².